The van der Waals surface area contributed by atoms with E-state index in [4.69, 9.17) is 11.6 Å². The predicted octanol–water partition coefficient (Wildman–Crippen LogP) is 5.74. The lowest BCUT2D eigenvalue weighted by molar-refractivity contribution is 0.845. The summed E-state index contributed by atoms with van der Waals surface area (Å²) in [6.07, 6.45) is 2.00. The molecule has 0 saturated heterocycles. The van der Waals surface area contributed by atoms with E-state index in [0.717, 1.165) is 38.2 Å². The lowest BCUT2D eigenvalue weighted by atomic mass is 10.2. The average molecular weight is 484 g/mol. The molecule has 1 aromatic carbocycles. The summed E-state index contributed by atoms with van der Waals surface area (Å²) in [5.41, 5.74) is 1.06. The summed E-state index contributed by atoms with van der Waals surface area (Å²) in [4.78, 5) is 10.2. The standard InChI is InChI=1S/C14H13BrClIN2S/c1-2-3-11-13(17)14(16)19-12(18-11)8-20-10-6-4-9(15)5-7-10/h4-7H,2-3,8H2,1H3. The summed E-state index contributed by atoms with van der Waals surface area (Å²) in [6, 6.07) is 8.23. The van der Waals surface area contributed by atoms with Gasteiger partial charge in [0.2, 0.25) is 0 Å². The van der Waals surface area contributed by atoms with Gasteiger partial charge in [-0.2, -0.15) is 0 Å². The third-order valence-electron chi connectivity index (χ3n) is 2.59. The summed E-state index contributed by atoms with van der Waals surface area (Å²) in [6.45, 7) is 2.14. The van der Waals surface area contributed by atoms with Crippen LogP contribution in [-0.2, 0) is 12.2 Å². The van der Waals surface area contributed by atoms with Crippen LogP contribution in [0.5, 0.6) is 0 Å². The Bertz CT molecular complexity index is 592. The molecule has 6 heteroatoms. The van der Waals surface area contributed by atoms with Gasteiger partial charge in [-0.25, -0.2) is 9.97 Å². The van der Waals surface area contributed by atoms with Crippen molar-refractivity contribution in [1.29, 1.82) is 0 Å². The minimum Gasteiger partial charge on any atom is -0.236 e. The zero-order chi connectivity index (χ0) is 14.5. The zero-order valence-electron chi connectivity index (χ0n) is 10.9. The van der Waals surface area contributed by atoms with Gasteiger partial charge in [0.25, 0.3) is 0 Å². The maximum Gasteiger partial charge on any atom is 0.146 e. The molecule has 0 amide bonds. The minimum absolute atomic E-state index is 0.565. The van der Waals surface area contributed by atoms with Crippen molar-refractivity contribution in [1.82, 2.24) is 9.97 Å². The maximum absolute atomic E-state index is 6.18. The molecular weight excluding hydrogens is 470 g/mol. The number of aryl methyl sites for hydroxylation is 1. The van der Waals surface area contributed by atoms with Gasteiger partial charge in [0.1, 0.15) is 11.0 Å². The topological polar surface area (TPSA) is 25.8 Å². The SMILES string of the molecule is CCCc1nc(CSc2ccc(Br)cc2)nc(Cl)c1I. The van der Waals surface area contributed by atoms with Crippen molar-refractivity contribution < 1.29 is 0 Å². The smallest absolute Gasteiger partial charge is 0.146 e. The van der Waals surface area contributed by atoms with E-state index in [1.54, 1.807) is 11.8 Å². The van der Waals surface area contributed by atoms with E-state index in [0.29, 0.717) is 5.15 Å². The number of rotatable bonds is 5. The van der Waals surface area contributed by atoms with E-state index in [1.165, 1.54) is 4.90 Å². The Morgan fingerprint density at radius 2 is 1.95 bits per heavy atom. The van der Waals surface area contributed by atoms with E-state index in [-0.39, 0.29) is 0 Å². The quantitative estimate of drug-likeness (QED) is 0.308. The lowest BCUT2D eigenvalue weighted by Crippen LogP contribution is -2.02. The number of hydrogen-bond donors (Lipinski definition) is 0. The highest BCUT2D eigenvalue weighted by molar-refractivity contribution is 14.1. The first kappa shape index (κ1) is 16.5. The second-order valence-electron chi connectivity index (χ2n) is 4.18. The Hall–Kier alpha value is 0.150. The van der Waals surface area contributed by atoms with E-state index in [1.807, 2.05) is 12.1 Å². The monoisotopic (exact) mass is 482 g/mol. The van der Waals surface area contributed by atoms with E-state index in [9.17, 15) is 0 Å². The van der Waals surface area contributed by atoms with Gasteiger partial charge in [-0.05, 0) is 53.3 Å². The Kier molecular flexibility index (Phi) is 6.58. The molecule has 2 aromatic rings. The molecule has 1 aromatic heterocycles. The molecule has 0 N–H and O–H groups in total. The Morgan fingerprint density at radius 1 is 1.25 bits per heavy atom. The van der Waals surface area contributed by atoms with Crippen molar-refractivity contribution in [2.45, 2.75) is 30.4 Å². The first-order valence-electron chi connectivity index (χ1n) is 6.19. The molecule has 0 radical (unpaired) electrons. The highest BCUT2D eigenvalue weighted by Crippen LogP contribution is 2.26. The van der Waals surface area contributed by atoms with Gasteiger partial charge >= 0.3 is 0 Å². The first-order chi connectivity index (χ1) is 9.60. The van der Waals surface area contributed by atoms with Gasteiger partial charge in [-0.15, -0.1) is 11.8 Å². The molecule has 0 spiro atoms. The molecule has 106 valence electrons. The van der Waals surface area contributed by atoms with Crippen LogP contribution in [0.4, 0.5) is 0 Å². The van der Waals surface area contributed by atoms with Gasteiger partial charge in [-0.1, -0.05) is 40.9 Å². The molecule has 2 nitrogen and oxygen atoms in total. The van der Waals surface area contributed by atoms with Crippen molar-refractivity contribution in [3.63, 3.8) is 0 Å². The minimum atomic E-state index is 0.565. The van der Waals surface area contributed by atoms with Gasteiger partial charge in [0.15, 0.2) is 0 Å². The Balaban J connectivity index is 2.11. The average Bonchev–Trinajstić information content (AvgIpc) is 2.44. The van der Waals surface area contributed by atoms with Crippen LogP contribution < -0.4 is 0 Å². The molecule has 0 aliphatic rings. The van der Waals surface area contributed by atoms with Crippen molar-refractivity contribution in [2.24, 2.45) is 0 Å². The Morgan fingerprint density at radius 3 is 2.60 bits per heavy atom. The maximum atomic E-state index is 6.18. The number of thioether (sulfide) groups is 1. The molecule has 0 aliphatic carbocycles. The highest BCUT2D eigenvalue weighted by Gasteiger charge is 2.10. The zero-order valence-corrected chi connectivity index (χ0v) is 16.2. The van der Waals surface area contributed by atoms with Crippen LogP contribution >= 0.6 is 61.9 Å². The van der Waals surface area contributed by atoms with E-state index < -0.39 is 0 Å². The molecule has 0 saturated carbocycles. The molecule has 0 atom stereocenters. The summed E-state index contributed by atoms with van der Waals surface area (Å²) >= 11 is 13.6. The fourth-order valence-corrected chi connectivity index (χ4v) is 3.39. The molecule has 0 aliphatic heterocycles. The summed E-state index contributed by atoms with van der Waals surface area (Å²) in [7, 11) is 0. The van der Waals surface area contributed by atoms with Crippen LogP contribution in [0.2, 0.25) is 5.15 Å². The van der Waals surface area contributed by atoms with Crippen molar-refractivity contribution >= 4 is 61.9 Å². The second kappa shape index (κ2) is 7.96. The third kappa shape index (κ3) is 4.58. The normalized spacial score (nSPS) is 10.8. The molecule has 2 rings (SSSR count). The van der Waals surface area contributed by atoms with Crippen LogP contribution in [-0.4, -0.2) is 9.97 Å². The fraction of sp³-hybridized carbons (Fsp3) is 0.286. The summed E-state index contributed by atoms with van der Waals surface area (Å²) in [5.74, 6) is 1.53. The molecule has 20 heavy (non-hydrogen) atoms. The molecule has 0 fully saturated rings. The van der Waals surface area contributed by atoms with Gasteiger partial charge < -0.3 is 0 Å². The highest BCUT2D eigenvalue weighted by atomic mass is 127. The molecule has 1 heterocycles. The number of halogens is 3. The van der Waals surface area contributed by atoms with Crippen LogP contribution in [0, 0.1) is 3.57 Å². The van der Waals surface area contributed by atoms with Gasteiger partial charge in [0.05, 0.1) is 15.0 Å². The number of nitrogens with zero attached hydrogens (tertiary/aromatic N) is 2. The van der Waals surface area contributed by atoms with E-state index in [2.05, 4.69) is 67.5 Å². The van der Waals surface area contributed by atoms with Crippen molar-refractivity contribution in [3.05, 3.63) is 49.0 Å². The number of benzene rings is 1. The van der Waals surface area contributed by atoms with Gasteiger partial charge in [0, 0.05) is 9.37 Å². The third-order valence-corrected chi connectivity index (χ3v) is 5.86. The van der Waals surface area contributed by atoms with Crippen LogP contribution in [0.25, 0.3) is 0 Å². The summed E-state index contributed by atoms with van der Waals surface area (Å²) in [5, 5.41) is 0.565. The molecule has 0 unspecified atom stereocenters. The molecule has 0 bridgehead atoms. The second-order valence-corrected chi connectivity index (χ2v) is 7.59. The summed E-state index contributed by atoms with van der Waals surface area (Å²) < 4.78 is 2.06. The number of hydrogen-bond acceptors (Lipinski definition) is 3. The Labute approximate surface area is 150 Å². The predicted molar refractivity (Wildman–Crippen MR) is 97.5 cm³/mol. The molecular formula is C14H13BrClIN2S. The van der Waals surface area contributed by atoms with E-state index >= 15 is 0 Å². The number of aromatic nitrogens is 2. The van der Waals surface area contributed by atoms with Crippen LogP contribution in [0.15, 0.2) is 33.6 Å². The lowest BCUT2D eigenvalue weighted by Gasteiger charge is -2.07. The van der Waals surface area contributed by atoms with Crippen molar-refractivity contribution in [2.75, 3.05) is 0 Å². The van der Waals surface area contributed by atoms with Crippen molar-refractivity contribution in [3.8, 4) is 0 Å². The van der Waals surface area contributed by atoms with Crippen LogP contribution in [0.1, 0.15) is 24.9 Å². The largest absolute Gasteiger partial charge is 0.236 e. The van der Waals surface area contributed by atoms with Crippen LogP contribution in [0.3, 0.4) is 0 Å². The van der Waals surface area contributed by atoms with Gasteiger partial charge in [-0.3, -0.25) is 0 Å². The first-order valence-corrected chi connectivity index (χ1v) is 9.43. The fourth-order valence-electron chi connectivity index (χ4n) is 1.66.